The second-order valence-electron chi connectivity index (χ2n) is 6.67. The van der Waals surface area contributed by atoms with Crippen LogP contribution in [0.4, 0.5) is 10.2 Å². The highest BCUT2D eigenvalue weighted by Crippen LogP contribution is 2.28. The van der Waals surface area contributed by atoms with E-state index >= 15 is 0 Å². The molecule has 4 rings (SSSR count). The number of hydrogen-bond acceptors (Lipinski definition) is 7. The van der Waals surface area contributed by atoms with Gasteiger partial charge in [0.2, 0.25) is 11.0 Å². The molecule has 2 heterocycles. The molecule has 1 N–H and O–H groups in total. The van der Waals surface area contributed by atoms with Crippen LogP contribution in [0.1, 0.15) is 5.69 Å². The third kappa shape index (κ3) is 4.42. The molecule has 1 amide bonds. The third-order valence-corrected chi connectivity index (χ3v) is 6.99. The number of hydrogen-bond donors (Lipinski definition) is 1. The normalized spacial score (nSPS) is 11.6. The molecule has 0 spiro atoms. The molecule has 4 aromatic rings. The molecular weight excluding hydrogens is 443 g/mol. The number of nitrogens with one attached hydrogen (secondary N) is 1. The Hall–Kier alpha value is -3.31. The average Bonchev–Trinajstić information content (AvgIpc) is 3.29. The summed E-state index contributed by atoms with van der Waals surface area (Å²) in [4.78, 5) is 16.9. The number of anilines is 1. The summed E-state index contributed by atoms with van der Waals surface area (Å²) in [5.41, 5.74) is 1.19. The van der Waals surface area contributed by atoms with E-state index in [0.717, 1.165) is 0 Å². The molecular formula is C20H17FN4O4S2. The van der Waals surface area contributed by atoms with Crippen LogP contribution in [0.25, 0.3) is 15.3 Å². The summed E-state index contributed by atoms with van der Waals surface area (Å²) < 4.78 is 45.7. The minimum atomic E-state index is -3.85. The monoisotopic (exact) mass is 460 g/mol. The van der Waals surface area contributed by atoms with Gasteiger partial charge in [0, 0.05) is 6.07 Å². The van der Waals surface area contributed by atoms with Gasteiger partial charge in [-0.25, -0.2) is 17.8 Å². The van der Waals surface area contributed by atoms with Crippen LogP contribution in [0.3, 0.4) is 0 Å². The molecule has 8 nitrogen and oxygen atoms in total. The molecule has 0 aliphatic rings. The van der Waals surface area contributed by atoms with E-state index in [1.54, 1.807) is 19.1 Å². The van der Waals surface area contributed by atoms with Gasteiger partial charge in [0.05, 0.1) is 27.9 Å². The lowest BCUT2D eigenvalue weighted by Gasteiger charge is -2.08. The van der Waals surface area contributed by atoms with E-state index in [-0.39, 0.29) is 16.5 Å². The summed E-state index contributed by atoms with van der Waals surface area (Å²) >= 11 is 1.20. The first kappa shape index (κ1) is 20.9. The molecule has 0 aliphatic heterocycles. The predicted octanol–water partition coefficient (Wildman–Crippen LogP) is 3.35. The first-order valence-electron chi connectivity index (χ1n) is 9.05. The smallest absolute Gasteiger partial charge is 0.241 e. The number of benzene rings is 2. The van der Waals surface area contributed by atoms with E-state index in [4.69, 9.17) is 4.74 Å². The maximum atomic E-state index is 13.5. The molecule has 2 aromatic heterocycles. The Labute approximate surface area is 181 Å². The van der Waals surface area contributed by atoms with Crippen molar-refractivity contribution in [3.05, 3.63) is 60.0 Å². The van der Waals surface area contributed by atoms with Crippen molar-refractivity contribution in [3.63, 3.8) is 0 Å². The summed E-state index contributed by atoms with van der Waals surface area (Å²) in [5.74, 6) is -1.06. The average molecular weight is 461 g/mol. The Balaban J connectivity index is 1.57. The number of ether oxygens (including phenoxy) is 1. The van der Waals surface area contributed by atoms with Crippen LogP contribution >= 0.6 is 11.3 Å². The summed E-state index contributed by atoms with van der Waals surface area (Å²) in [6.07, 6.45) is 0. The molecule has 0 saturated carbocycles. The van der Waals surface area contributed by atoms with Crippen molar-refractivity contribution in [1.29, 1.82) is 0 Å². The molecule has 2 aromatic carbocycles. The van der Waals surface area contributed by atoms with E-state index in [0.29, 0.717) is 26.8 Å². The highest BCUT2D eigenvalue weighted by atomic mass is 32.2. The number of aryl methyl sites for hydroxylation is 1. The number of sulfone groups is 1. The summed E-state index contributed by atoms with van der Waals surface area (Å²) in [6.45, 7) is 1.73. The van der Waals surface area contributed by atoms with Crippen LogP contribution in [0, 0.1) is 12.7 Å². The Kier molecular flexibility index (Phi) is 5.46. The minimum Gasteiger partial charge on any atom is -0.497 e. The van der Waals surface area contributed by atoms with Crippen molar-refractivity contribution in [2.75, 3.05) is 18.2 Å². The van der Waals surface area contributed by atoms with Crippen LogP contribution in [-0.4, -0.2) is 42.0 Å². The van der Waals surface area contributed by atoms with Crippen LogP contribution in [0.2, 0.25) is 0 Å². The number of nitrogens with zero attached hydrogens (tertiary/aromatic N) is 3. The van der Waals surface area contributed by atoms with Gasteiger partial charge >= 0.3 is 0 Å². The van der Waals surface area contributed by atoms with E-state index in [2.05, 4.69) is 15.4 Å². The highest BCUT2D eigenvalue weighted by Gasteiger charge is 2.21. The molecule has 0 saturated heterocycles. The number of carbonyl (C=O) groups excluding carboxylic acids is 1. The number of amides is 1. The number of aromatic nitrogens is 3. The SMILES string of the molecule is COc1ccc(S(=O)(=O)CC(=O)Nc2cc(C)nn2-c2nc3ccc(F)cc3s2)cc1. The van der Waals surface area contributed by atoms with Crippen molar-refractivity contribution in [2.45, 2.75) is 11.8 Å². The number of carbonyl (C=O) groups is 1. The lowest BCUT2D eigenvalue weighted by molar-refractivity contribution is -0.113. The Morgan fingerprint density at radius 3 is 2.65 bits per heavy atom. The Morgan fingerprint density at radius 2 is 1.94 bits per heavy atom. The summed E-state index contributed by atoms with van der Waals surface area (Å²) in [7, 11) is -2.38. The van der Waals surface area contributed by atoms with Crippen molar-refractivity contribution in [3.8, 4) is 10.9 Å². The van der Waals surface area contributed by atoms with Gasteiger partial charge < -0.3 is 10.1 Å². The minimum absolute atomic E-state index is 0.0151. The molecule has 0 atom stereocenters. The highest BCUT2D eigenvalue weighted by molar-refractivity contribution is 7.92. The lowest BCUT2D eigenvalue weighted by atomic mass is 10.3. The number of halogens is 1. The van der Waals surface area contributed by atoms with Gasteiger partial charge in [0.15, 0.2) is 9.84 Å². The molecule has 0 aliphatic carbocycles. The summed E-state index contributed by atoms with van der Waals surface area (Å²) in [5, 5.41) is 7.32. The van der Waals surface area contributed by atoms with E-state index < -0.39 is 21.5 Å². The second-order valence-corrected chi connectivity index (χ2v) is 9.67. The van der Waals surface area contributed by atoms with Gasteiger partial charge in [-0.05, 0) is 49.4 Å². The molecule has 0 bridgehead atoms. The second kappa shape index (κ2) is 8.08. The number of thiazole rings is 1. The van der Waals surface area contributed by atoms with Crippen molar-refractivity contribution < 1.29 is 22.3 Å². The topological polar surface area (TPSA) is 103 Å². The van der Waals surface area contributed by atoms with Gasteiger partial charge in [-0.15, -0.1) is 0 Å². The zero-order chi connectivity index (χ0) is 22.2. The predicted molar refractivity (Wildman–Crippen MR) is 115 cm³/mol. The van der Waals surface area contributed by atoms with Gasteiger partial charge in [-0.3, -0.25) is 4.79 Å². The van der Waals surface area contributed by atoms with Crippen molar-refractivity contribution in [1.82, 2.24) is 14.8 Å². The number of methoxy groups -OCH3 is 1. The van der Waals surface area contributed by atoms with Crippen LogP contribution in [-0.2, 0) is 14.6 Å². The Morgan fingerprint density at radius 1 is 1.19 bits per heavy atom. The zero-order valence-electron chi connectivity index (χ0n) is 16.5. The fraction of sp³-hybridized carbons (Fsp3) is 0.150. The van der Waals surface area contributed by atoms with Gasteiger partial charge in [0.25, 0.3) is 0 Å². The summed E-state index contributed by atoms with van der Waals surface area (Å²) in [6, 6.07) is 11.6. The van der Waals surface area contributed by atoms with Gasteiger partial charge in [0.1, 0.15) is 23.1 Å². The molecule has 160 valence electrons. The first-order valence-corrected chi connectivity index (χ1v) is 11.5. The standard InChI is InChI=1S/C20H17FN4O4S2/c1-12-9-18(25(24-12)20-22-16-8-3-13(21)10-17(16)30-20)23-19(26)11-31(27,28)15-6-4-14(29-2)5-7-15/h3-10H,11H2,1-2H3,(H,23,26). The zero-order valence-corrected chi connectivity index (χ0v) is 18.1. The van der Waals surface area contributed by atoms with Crippen LogP contribution < -0.4 is 10.1 Å². The first-order chi connectivity index (χ1) is 14.7. The molecule has 0 unspecified atom stereocenters. The van der Waals surface area contributed by atoms with Crippen LogP contribution in [0.15, 0.2) is 53.4 Å². The maximum Gasteiger partial charge on any atom is 0.241 e. The number of fused-ring (bicyclic) bond motifs is 1. The molecule has 0 radical (unpaired) electrons. The molecule has 11 heteroatoms. The van der Waals surface area contributed by atoms with Crippen molar-refractivity contribution >= 4 is 43.1 Å². The fourth-order valence-corrected chi connectivity index (χ4v) is 5.02. The third-order valence-electron chi connectivity index (χ3n) is 4.36. The lowest BCUT2D eigenvalue weighted by Crippen LogP contribution is -2.24. The van der Waals surface area contributed by atoms with Crippen molar-refractivity contribution in [2.24, 2.45) is 0 Å². The largest absolute Gasteiger partial charge is 0.497 e. The maximum absolute atomic E-state index is 13.5. The molecule has 0 fully saturated rings. The van der Waals surface area contributed by atoms with Crippen LogP contribution in [0.5, 0.6) is 5.75 Å². The van der Waals surface area contributed by atoms with Gasteiger partial charge in [-0.1, -0.05) is 11.3 Å². The Bertz CT molecular complexity index is 1380. The fourth-order valence-electron chi connectivity index (χ4n) is 2.93. The molecule has 31 heavy (non-hydrogen) atoms. The van der Waals surface area contributed by atoms with E-state index in [1.165, 1.54) is 59.5 Å². The van der Waals surface area contributed by atoms with Gasteiger partial charge in [-0.2, -0.15) is 9.78 Å². The van der Waals surface area contributed by atoms with E-state index in [9.17, 15) is 17.6 Å². The number of rotatable bonds is 6. The van der Waals surface area contributed by atoms with E-state index in [1.807, 2.05) is 0 Å². The quantitative estimate of drug-likeness (QED) is 0.473.